The molecule has 5 nitrogen and oxygen atoms in total. The number of halogens is 2. The minimum Gasteiger partial charge on any atom is -0.345 e. The minimum atomic E-state index is -2.06. The smallest absolute Gasteiger partial charge is 0.286 e. The van der Waals surface area contributed by atoms with Gasteiger partial charge >= 0.3 is 0 Å². The monoisotopic (exact) mass is 261 g/mol. The summed E-state index contributed by atoms with van der Waals surface area (Å²) in [6.07, 6.45) is 1.54. The number of nitrogens with one attached hydrogen (secondary N) is 2. The van der Waals surface area contributed by atoms with Crippen molar-refractivity contribution in [3.63, 3.8) is 0 Å². The first-order valence-corrected chi connectivity index (χ1v) is 5.21. The maximum absolute atomic E-state index is 13.1. The van der Waals surface area contributed by atoms with Crippen LogP contribution < -0.4 is 10.9 Å². The molecular weight excluding hydrogens is 249 g/mol. The first kappa shape index (κ1) is 13.5. The van der Waals surface area contributed by atoms with Gasteiger partial charge in [-0.15, -0.1) is 0 Å². The Hall–Kier alpha value is -1.56. The maximum atomic E-state index is 13.1. The quantitative estimate of drug-likeness (QED) is 0.786. The third kappa shape index (κ3) is 3.45. The van der Waals surface area contributed by atoms with Gasteiger partial charge in [0, 0.05) is 13.2 Å². The van der Waals surface area contributed by atoms with E-state index < -0.39 is 17.5 Å². The molecule has 0 aliphatic rings. The summed E-state index contributed by atoms with van der Waals surface area (Å²) in [5.41, 5.74) is 2.29. The van der Waals surface area contributed by atoms with E-state index in [1.165, 1.54) is 16.8 Å². The molecule has 0 aliphatic carbocycles. The summed E-state index contributed by atoms with van der Waals surface area (Å²) in [6.45, 7) is 2.18. The number of carbonyl (C=O) groups is 2. The normalized spacial score (nSPS) is 11.1. The van der Waals surface area contributed by atoms with Crippen molar-refractivity contribution < 1.29 is 14.0 Å². The van der Waals surface area contributed by atoms with Crippen LogP contribution in [-0.4, -0.2) is 22.1 Å². The van der Waals surface area contributed by atoms with Gasteiger partial charge in [0.2, 0.25) is 0 Å². The summed E-state index contributed by atoms with van der Waals surface area (Å²) in [6, 6.07) is 1.43. The van der Waals surface area contributed by atoms with Gasteiger partial charge in [-0.3, -0.25) is 20.4 Å². The molecule has 94 valence electrons. The first-order valence-electron chi connectivity index (χ1n) is 4.83. The van der Waals surface area contributed by atoms with Gasteiger partial charge in [0.1, 0.15) is 5.69 Å². The van der Waals surface area contributed by atoms with Crippen LogP contribution in [0, 0.1) is 0 Å². The molecule has 0 aromatic carbocycles. The number of aromatic nitrogens is 1. The molecule has 0 aliphatic heterocycles. The molecule has 2 amide bonds. The lowest BCUT2D eigenvalue weighted by Gasteiger charge is -2.14. The van der Waals surface area contributed by atoms with Crippen molar-refractivity contribution in [2.45, 2.75) is 19.5 Å². The molecule has 0 saturated heterocycles. The third-order valence-corrected chi connectivity index (χ3v) is 2.24. The van der Waals surface area contributed by atoms with Crippen molar-refractivity contribution in [1.29, 1.82) is 0 Å². The number of aryl methyl sites for hydroxylation is 1. The van der Waals surface area contributed by atoms with Crippen LogP contribution in [0.5, 0.6) is 0 Å². The number of hydrogen-bond donors (Lipinski definition) is 2. The van der Waals surface area contributed by atoms with Gasteiger partial charge in [0.05, 0.1) is 5.02 Å². The van der Waals surface area contributed by atoms with E-state index in [1.54, 1.807) is 7.05 Å². The Bertz CT molecular complexity index is 451. The molecule has 1 rings (SSSR count). The highest BCUT2D eigenvalue weighted by Crippen LogP contribution is 2.12. The molecule has 0 spiro atoms. The maximum Gasteiger partial charge on any atom is 0.286 e. The Balaban J connectivity index is 2.63. The van der Waals surface area contributed by atoms with Crippen molar-refractivity contribution in [3.8, 4) is 0 Å². The van der Waals surface area contributed by atoms with Gasteiger partial charge in [0.15, 0.2) is 5.67 Å². The summed E-state index contributed by atoms with van der Waals surface area (Å²) in [7, 11) is 1.63. The Labute approximate surface area is 103 Å². The molecule has 0 radical (unpaired) electrons. The fraction of sp³-hybridized carbons (Fsp3) is 0.400. The molecule has 17 heavy (non-hydrogen) atoms. The zero-order valence-electron chi connectivity index (χ0n) is 9.67. The van der Waals surface area contributed by atoms with E-state index in [0.29, 0.717) is 5.02 Å². The average molecular weight is 262 g/mol. The zero-order valence-corrected chi connectivity index (χ0v) is 10.4. The summed E-state index contributed by atoms with van der Waals surface area (Å²) in [5, 5.41) is 0.398. The molecule has 2 N–H and O–H groups in total. The van der Waals surface area contributed by atoms with Gasteiger partial charge in [0.25, 0.3) is 11.8 Å². The van der Waals surface area contributed by atoms with Gasteiger partial charge in [-0.05, 0) is 19.9 Å². The molecule has 7 heteroatoms. The number of rotatable bonds is 2. The van der Waals surface area contributed by atoms with Crippen LogP contribution in [0.4, 0.5) is 4.39 Å². The number of hydrogen-bond acceptors (Lipinski definition) is 2. The van der Waals surface area contributed by atoms with Gasteiger partial charge in [-0.2, -0.15) is 0 Å². The van der Waals surface area contributed by atoms with Crippen LogP contribution >= 0.6 is 11.6 Å². The van der Waals surface area contributed by atoms with Crippen LogP contribution in [-0.2, 0) is 11.8 Å². The number of hydrazine groups is 1. The lowest BCUT2D eigenvalue weighted by atomic mass is 10.2. The van der Waals surface area contributed by atoms with E-state index in [9.17, 15) is 14.0 Å². The molecule has 1 aromatic heterocycles. The van der Waals surface area contributed by atoms with Crippen LogP contribution in [0.2, 0.25) is 5.02 Å². The van der Waals surface area contributed by atoms with Crippen LogP contribution in [0.15, 0.2) is 12.3 Å². The molecule has 0 bridgehead atoms. The Kier molecular flexibility index (Phi) is 3.77. The van der Waals surface area contributed by atoms with Crippen molar-refractivity contribution in [3.05, 3.63) is 23.0 Å². The van der Waals surface area contributed by atoms with Gasteiger partial charge in [-0.25, -0.2) is 4.39 Å². The van der Waals surface area contributed by atoms with E-state index in [1.807, 2.05) is 5.43 Å². The van der Waals surface area contributed by atoms with E-state index in [-0.39, 0.29) is 5.69 Å². The fourth-order valence-electron chi connectivity index (χ4n) is 1.08. The number of alkyl halides is 1. The largest absolute Gasteiger partial charge is 0.345 e. The topological polar surface area (TPSA) is 63.1 Å². The zero-order chi connectivity index (χ0) is 13.2. The van der Waals surface area contributed by atoms with E-state index in [2.05, 4.69) is 5.43 Å². The summed E-state index contributed by atoms with van der Waals surface area (Å²) in [4.78, 5) is 22.7. The molecule has 0 saturated carbocycles. The summed E-state index contributed by atoms with van der Waals surface area (Å²) < 4.78 is 14.6. The second-order valence-electron chi connectivity index (χ2n) is 4.04. The van der Waals surface area contributed by atoms with Crippen molar-refractivity contribution in [1.82, 2.24) is 15.4 Å². The highest BCUT2D eigenvalue weighted by atomic mass is 35.5. The van der Waals surface area contributed by atoms with E-state index in [4.69, 9.17) is 11.6 Å². The number of carbonyl (C=O) groups excluding carboxylic acids is 2. The predicted octanol–water partition coefficient (Wildman–Crippen LogP) is 1.19. The minimum absolute atomic E-state index is 0.256. The first-order chi connectivity index (χ1) is 7.71. The lowest BCUT2D eigenvalue weighted by Crippen LogP contribution is -2.49. The molecule has 1 heterocycles. The van der Waals surface area contributed by atoms with Crippen LogP contribution in [0.3, 0.4) is 0 Å². The highest BCUT2D eigenvalue weighted by Gasteiger charge is 2.27. The second kappa shape index (κ2) is 4.75. The Morgan fingerprint density at radius 1 is 1.41 bits per heavy atom. The number of amides is 2. The summed E-state index contributed by atoms with van der Waals surface area (Å²) in [5.74, 6) is -1.50. The SMILES string of the molecule is Cn1cc(Cl)cc1C(=O)NNC(=O)C(C)(C)F. The highest BCUT2D eigenvalue weighted by molar-refractivity contribution is 6.31. The van der Waals surface area contributed by atoms with Crippen LogP contribution in [0.1, 0.15) is 24.3 Å². The van der Waals surface area contributed by atoms with Crippen LogP contribution in [0.25, 0.3) is 0 Å². The standard InChI is InChI=1S/C10H13ClFN3O2/c1-10(2,12)9(17)14-13-8(16)7-4-6(11)5-15(7)3/h4-5H,1-3H3,(H,13,16)(H,14,17). The Morgan fingerprint density at radius 2 is 2.00 bits per heavy atom. The molecule has 1 aromatic rings. The second-order valence-corrected chi connectivity index (χ2v) is 4.47. The van der Waals surface area contributed by atoms with E-state index in [0.717, 1.165) is 13.8 Å². The molecule has 0 fully saturated rings. The third-order valence-electron chi connectivity index (χ3n) is 2.03. The number of nitrogens with zero attached hydrogens (tertiary/aromatic N) is 1. The fourth-order valence-corrected chi connectivity index (χ4v) is 1.33. The van der Waals surface area contributed by atoms with Gasteiger partial charge < -0.3 is 4.57 Å². The van der Waals surface area contributed by atoms with E-state index >= 15 is 0 Å². The molecule has 0 atom stereocenters. The lowest BCUT2D eigenvalue weighted by molar-refractivity contribution is -0.131. The molecule has 0 unspecified atom stereocenters. The average Bonchev–Trinajstić information content (AvgIpc) is 2.52. The molecular formula is C10H13ClFN3O2. The van der Waals surface area contributed by atoms with Crippen molar-refractivity contribution in [2.75, 3.05) is 0 Å². The van der Waals surface area contributed by atoms with Crippen molar-refractivity contribution >= 4 is 23.4 Å². The Morgan fingerprint density at radius 3 is 2.41 bits per heavy atom. The van der Waals surface area contributed by atoms with Gasteiger partial charge in [-0.1, -0.05) is 11.6 Å². The predicted molar refractivity (Wildman–Crippen MR) is 61.2 cm³/mol. The van der Waals surface area contributed by atoms with Crippen molar-refractivity contribution in [2.24, 2.45) is 7.05 Å². The summed E-state index contributed by atoms with van der Waals surface area (Å²) >= 11 is 5.70.